The molecule has 1 aliphatic heterocycles. The Hall–Kier alpha value is -2.11. The number of carbonyl (C=O) groups excluding carboxylic acids is 1. The number of carboxylic acids is 1. The summed E-state index contributed by atoms with van der Waals surface area (Å²) in [7, 11) is 0. The average molecular weight is 235 g/mol. The van der Waals surface area contributed by atoms with Crippen molar-refractivity contribution in [2.75, 3.05) is 0 Å². The average Bonchev–Trinajstić information content (AvgIpc) is 2.69. The van der Waals surface area contributed by atoms with Crippen molar-refractivity contribution in [3.05, 3.63) is 30.1 Å². The first kappa shape index (κ1) is 11.4. The van der Waals surface area contributed by atoms with Gasteiger partial charge in [-0.3, -0.25) is 9.48 Å². The van der Waals surface area contributed by atoms with E-state index in [4.69, 9.17) is 5.11 Å². The molecule has 2 rings (SSSR count). The van der Waals surface area contributed by atoms with Gasteiger partial charge in [-0.1, -0.05) is 6.58 Å². The fourth-order valence-electron chi connectivity index (χ4n) is 1.99. The van der Waals surface area contributed by atoms with Crippen LogP contribution >= 0.6 is 0 Å². The predicted octanol–water partition coefficient (Wildman–Crippen LogP) is 0.498. The number of fused-ring (bicyclic) bond motifs is 1. The van der Waals surface area contributed by atoms with Crippen LogP contribution in [-0.4, -0.2) is 37.7 Å². The van der Waals surface area contributed by atoms with E-state index in [0.717, 1.165) is 0 Å². The van der Waals surface area contributed by atoms with Crippen LogP contribution < -0.4 is 0 Å². The lowest BCUT2D eigenvalue weighted by Crippen LogP contribution is -2.44. The molecule has 1 amide bonds. The minimum absolute atomic E-state index is 0.0189. The quantitative estimate of drug-likeness (QED) is 0.757. The van der Waals surface area contributed by atoms with Crippen LogP contribution in [0.1, 0.15) is 23.0 Å². The van der Waals surface area contributed by atoms with Gasteiger partial charge in [-0.05, 0) is 13.0 Å². The summed E-state index contributed by atoms with van der Waals surface area (Å²) < 4.78 is 1.64. The molecule has 17 heavy (non-hydrogen) atoms. The van der Waals surface area contributed by atoms with E-state index in [2.05, 4.69) is 11.7 Å². The molecule has 1 N–H and O–H groups in total. The number of aromatic nitrogens is 2. The lowest BCUT2D eigenvalue weighted by Gasteiger charge is -2.33. The number of rotatable bonds is 2. The van der Waals surface area contributed by atoms with Crippen LogP contribution in [0, 0.1) is 0 Å². The smallest absolute Gasteiger partial charge is 0.339 e. The molecule has 0 aromatic carbocycles. The second-order valence-corrected chi connectivity index (χ2v) is 4.01. The van der Waals surface area contributed by atoms with Gasteiger partial charge in [0.2, 0.25) is 5.91 Å². The summed E-state index contributed by atoms with van der Waals surface area (Å²) in [6.45, 7) is 6.10. The van der Waals surface area contributed by atoms with Crippen molar-refractivity contribution in [1.29, 1.82) is 0 Å². The van der Waals surface area contributed by atoms with E-state index in [1.807, 2.05) is 6.92 Å². The van der Waals surface area contributed by atoms with Gasteiger partial charge in [0.05, 0.1) is 25.0 Å². The standard InChI is InChI=1S/C11H13N3O3/c1-3-10(15)13-6-9-8(11(16)17)4-12-14(9)5-7(13)2/h3-4,7H,1,5-6H2,2H3,(H,16,17). The van der Waals surface area contributed by atoms with Crippen molar-refractivity contribution in [2.24, 2.45) is 0 Å². The lowest BCUT2D eigenvalue weighted by molar-refractivity contribution is -0.129. The normalized spacial score (nSPS) is 18.6. The number of amides is 1. The van der Waals surface area contributed by atoms with E-state index < -0.39 is 5.97 Å². The lowest BCUT2D eigenvalue weighted by atomic mass is 10.1. The summed E-state index contributed by atoms with van der Waals surface area (Å²) in [5.74, 6) is -1.21. The van der Waals surface area contributed by atoms with Crippen LogP contribution in [-0.2, 0) is 17.9 Å². The highest BCUT2D eigenvalue weighted by Gasteiger charge is 2.29. The Morgan fingerprint density at radius 1 is 1.65 bits per heavy atom. The zero-order valence-electron chi connectivity index (χ0n) is 9.46. The monoisotopic (exact) mass is 235 g/mol. The molecule has 6 heteroatoms. The summed E-state index contributed by atoms with van der Waals surface area (Å²) in [5.41, 5.74) is 0.713. The number of aromatic carboxylic acids is 1. The molecule has 1 unspecified atom stereocenters. The van der Waals surface area contributed by atoms with Crippen molar-refractivity contribution in [3.8, 4) is 0 Å². The third kappa shape index (κ3) is 1.82. The van der Waals surface area contributed by atoms with E-state index >= 15 is 0 Å². The molecule has 2 heterocycles. The van der Waals surface area contributed by atoms with Gasteiger partial charge in [-0.15, -0.1) is 0 Å². The minimum atomic E-state index is -1.02. The summed E-state index contributed by atoms with van der Waals surface area (Å²) in [6, 6.07) is -0.0189. The van der Waals surface area contributed by atoms with Gasteiger partial charge in [0.25, 0.3) is 0 Å². The highest BCUT2D eigenvalue weighted by Crippen LogP contribution is 2.20. The molecule has 1 aromatic heterocycles. The molecule has 1 atom stereocenters. The van der Waals surface area contributed by atoms with Crippen LogP contribution in [0.4, 0.5) is 0 Å². The Bertz CT molecular complexity index is 492. The van der Waals surface area contributed by atoms with Crippen molar-refractivity contribution < 1.29 is 14.7 Å². The number of hydrogen-bond donors (Lipinski definition) is 1. The second-order valence-electron chi connectivity index (χ2n) is 4.01. The van der Waals surface area contributed by atoms with Gasteiger partial charge in [-0.25, -0.2) is 4.79 Å². The number of carboxylic acid groups (broad SMARTS) is 1. The SMILES string of the molecule is C=CC(=O)N1Cc2c(C(=O)O)cnn2CC1C. The Morgan fingerprint density at radius 2 is 2.35 bits per heavy atom. The van der Waals surface area contributed by atoms with Crippen molar-refractivity contribution in [3.63, 3.8) is 0 Å². The molecule has 0 spiro atoms. The van der Waals surface area contributed by atoms with E-state index in [1.165, 1.54) is 12.3 Å². The first-order chi connectivity index (χ1) is 8.04. The summed E-state index contributed by atoms with van der Waals surface area (Å²) >= 11 is 0. The molecule has 90 valence electrons. The molecule has 0 aliphatic carbocycles. The molecule has 0 bridgehead atoms. The van der Waals surface area contributed by atoms with Gasteiger partial charge in [-0.2, -0.15) is 5.10 Å². The van der Waals surface area contributed by atoms with Crippen LogP contribution in [0.15, 0.2) is 18.9 Å². The number of hydrogen-bond acceptors (Lipinski definition) is 3. The highest BCUT2D eigenvalue weighted by molar-refractivity contribution is 5.90. The molecular weight excluding hydrogens is 222 g/mol. The van der Waals surface area contributed by atoms with Gasteiger partial charge >= 0.3 is 5.97 Å². The zero-order valence-corrected chi connectivity index (χ0v) is 9.46. The van der Waals surface area contributed by atoms with Gasteiger partial charge in [0.15, 0.2) is 0 Å². The minimum Gasteiger partial charge on any atom is -0.478 e. The third-order valence-electron chi connectivity index (χ3n) is 2.93. The van der Waals surface area contributed by atoms with Gasteiger partial charge in [0, 0.05) is 6.04 Å². The van der Waals surface area contributed by atoms with Crippen LogP contribution in [0.3, 0.4) is 0 Å². The second kappa shape index (κ2) is 4.04. The Balaban J connectivity index is 2.37. The molecule has 0 radical (unpaired) electrons. The van der Waals surface area contributed by atoms with E-state index in [1.54, 1.807) is 9.58 Å². The number of nitrogens with zero attached hydrogens (tertiary/aromatic N) is 3. The third-order valence-corrected chi connectivity index (χ3v) is 2.93. The zero-order chi connectivity index (χ0) is 12.6. The number of carbonyl (C=O) groups is 2. The van der Waals surface area contributed by atoms with Crippen LogP contribution in [0.25, 0.3) is 0 Å². The van der Waals surface area contributed by atoms with Gasteiger partial charge < -0.3 is 10.0 Å². The molecule has 6 nitrogen and oxygen atoms in total. The first-order valence-corrected chi connectivity index (χ1v) is 5.25. The molecule has 1 aromatic rings. The van der Waals surface area contributed by atoms with Crippen LogP contribution in [0.5, 0.6) is 0 Å². The summed E-state index contributed by atoms with van der Waals surface area (Å²) in [5, 5.41) is 13.0. The Labute approximate surface area is 98.1 Å². The summed E-state index contributed by atoms with van der Waals surface area (Å²) in [4.78, 5) is 24.2. The van der Waals surface area contributed by atoms with Crippen molar-refractivity contribution >= 4 is 11.9 Å². The largest absolute Gasteiger partial charge is 0.478 e. The molecule has 0 fully saturated rings. The molecule has 0 saturated carbocycles. The van der Waals surface area contributed by atoms with E-state index in [9.17, 15) is 9.59 Å². The van der Waals surface area contributed by atoms with E-state index in [-0.39, 0.29) is 24.1 Å². The van der Waals surface area contributed by atoms with Crippen molar-refractivity contribution in [1.82, 2.24) is 14.7 Å². The molecule has 0 saturated heterocycles. The fraction of sp³-hybridized carbons (Fsp3) is 0.364. The maximum atomic E-state index is 11.6. The first-order valence-electron chi connectivity index (χ1n) is 5.25. The maximum Gasteiger partial charge on any atom is 0.339 e. The van der Waals surface area contributed by atoms with Crippen molar-refractivity contribution in [2.45, 2.75) is 26.1 Å². The van der Waals surface area contributed by atoms with E-state index in [0.29, 0.717) is 12.2 Å². The maximum absolute atomic E-state index is 11.6. The highest BCUT2D eigenvalue weighted by atomic mass is 16.4. The molecule has 1 aliphatic rings. The Kier molecular flexibility index (Phi) is 2.71. The topological polar surface area (TPSA) is 75.4 Å². The summed E-state index contributed by atoms with van der Waals surface area (Å²) in [6.07, 6.45) is 2.56. The predicted molar refractivity (Wildman–Crippen MR) is 59.4 cm³/mol. The van der Waals surface area contributed by atoms with Gasteiger partial charge in [0.1, 0.15) is 5.56 Å². The Morgan fingerprint density at radius 3 is 2.94 bits per heavy atom. The fourth-order valence-corrected chi connectivity index (χ4v) is 1.99. The van der Waals surface area contributed by atoms with Crippen LogP contribution in [0.2, 0.25) is 0 Å². The molecular formula is C11H13N3O3.